The fourth-order valence-corrected chi connectivity index (χ4v) is 7.30. The van der Waals surface area contributed by atoms with E-state index >= 15 is 0 Å². The third-order valence-corrected chi connectivity index (χ3v) is 10.8. The number of benzene rings is 4. The average Bonchev–Trinajstić information content (AvgIpc) is 3.18. The minimum Gasteiger partial charge on any atom is -0.496 e. The zero-order valence-electron chi connectivity index (χ0n) is 31.1. The summed E-state index contributed by atoms with van der Waals surface area (Å²) in [5.74, 6) is -4.29. The van der Waals surface area contributed by atoms with Crippen molar-refractivity contribution in [3.05, 3.63) is 115 Å². The summed E-state index contributed by atoms with van der Waals surface area (Å²) < 4.78 is 127. The number of hydrogen-bond acceptors (Lipinski definition) is 6. The highest BCUT2D eigenvalue weighted by Crippen LogP contribution is 2.40. The topological polar surface area (TPSA) is 100 Å². The van der Waals surface area contributed by atoms with Crippen LogP contribution in [0, 0.1) is 0 Å². The lowest BCUT2D eigenvalue weighted by atomic mass is 9.98. The van der Waals surface area contributed by atoms with Gasteiger partial charge in [0.05, 0.1) is 41.7 Å². The van der Waals surface area contributed by atoms with Crippen LogP contribution in [0.15, 0.2) is 65.1 Å². The number of rotatable bonds is 6. The van der Waals surface area contributed by atoms with Crippen LogP contribution >= 0.6 is 27.5 Å². The predicted octanol–water partition coefficient (Wildman–Crippen LogP) is 9.78. The van der Waals surface area contributed by atoms with Crippen LogP contribution in [0.2, 0.25) is 5.02 Å². The number of halogens is 11. The van der Waals surface area contributed by atoms with Crippen molar-refractivity contribution in [2.24, 2.45) is 0 Å². The Hall–Kier alpha value is -5.01. The molecule has 2 aliphatic heterocycles. The van der Waals surface area contributed by atoms with Crippen molar-refractivity contribution >= 4 is 56.6 Å². The molecule has 3 amide bonds. The number of nitrogens with zero attached hydrogens (tertiary/aromatic N) is 2. The first-order valence-corrected chi connectivity index (χ1v) is 18.5. The highest BCUT2D eigenvalue weighted by Gasteiger charge is 2.43. The Kier molecular flexibility index (Phi) is 13.5. The number of likely N-dealkylation sites (N-methyl/N-ethyl adjacent to an activating group) is 1. The van der Waals surface area contributed by atoms with Gasteiger partial charge in [0.1, 0.15) is 11.5 Å². The van der Waals surface area contributed by atoms with Crippen molar-refractivity contribution in [1.82, 2.24) is 9.80 Å². The molecule has 0 aliphatic carbocycles. The van der Waals surface area contributed by atoms with Gasteiger partial charge in [-0.05, 0) is 107 Å². The molecule has 0 atom stereocenters. The molecule has 2 heterocycles. The summed E-state index contributed by atoms with van der Waals surface area (Å²) in [6, 6.07) is 12.6. The quantitative estimate of drug-likeness (QED) is 0.187. The van der Waals surface area contributed by atoms with E-state index in [4.69, 9.17) is 16.3 Å². The highest BCUT2D eigenvalue weighted by molar-refractivity contribution is 9.10. The van der Waals surface area contributed by atoms with Gasteiger partial charge in [0.15, 0.2) is 0 Å². The summed E-state index contributed by atoms with van der Waals surface area (Å²) in [7, 11) is 4.19. The first-order chi connectivity index (χ1) is 27.5. The molecule has 4 aromatic rings. The van der Waals surface area contributed by atoms with Crippen molar-refractivity contribution in [1.29, 1.82) is 0 Å². The summed E-state index contributed by atoms with van der Waals surface area (Å²) in [5.41, 5.74) is 1.05. The molecular weight excluding hydrogens is 891 g/mol. The molecule has 6 rings (SSSR count). The molecule has 20 heteroatoms. The highest BCUT2D eigenvalue weighted by atomic mass is 79.9. The van der Waals surface area contributed by atoms with Crippen molar-refractivity contribution in [2.75, 3.05) is 45.0 Å². The molecule has 2 aliphatic rings. The fraction of sp³-hybridized carbons (Fsp3) is 0.308. The standard InChI is InChI=1S/C20H15BrF6N2O3.C19H18ClF3N2O2/c1-32-15-5-3-11(8-13(15)19(22,23)24)17(30)28-14-4-2-10-6-7-29(9-12(10)16(14)21)18(31)20(25,26)27;1-25-8-7-11-3-5-15(17(20)13(11)10-25)24-18(26)12-4-6-16(27-2)14(9-12)19(21,22)23/h2-5,8H,6-7,9H2,1H3,(H,28,30);3-6,9H,7-8,10H2,1-2H3,(H,24,26). The lowest BCUT2D eigenvalue weighted by Gasteiger charge is -2.30. The Labute approximate surface area is 344 Å². The van der Waals surface area contributed by atoms with Crippen LogP contribution in [0.4, 0.5) is 50.9 Å². The molecule has 0 unspecified atom stereocenters. The molecule has 0 bridgehead atoms. The number of carbonyl (C=O) groups is 3. The van der Waals surface area contributed by atoms with E-state index < -0.39 is 53.1 Å². The number of ether oxygens (including phenoxy) is 2. The van der Waals surface area contributed by atoms with Gasteiger partial charge < -0.3 is 29.9 Å². The Bertz CT molecular complexity index is 2270. The molecule has 316 valence electrons. The molecule has 0 saturated carbocycles. The molecule has 0 aromatic heterocycles. The minimum atomic E-state index is -5.01. The molecule has 59 heavy (non-hydrogen) atoms. The second-order valence-corrected chi connectivity index (χ2v) is 14.5. The number of alkyl halides is 9. The summed E-state index contributed by atoms with van der Waals surface area (Å²) in [6.45, 7) is 1.12. The number of fused-ring (bicyclic) bond motifs is 2. The molecule has 9 nitrogen and oxygen atoms in total. The lowest BCUT2D eigenvalue weighted by Crippen LogP contribution is -2.43. The van der Waals surface area contributed by atoms with Gasteiger partial charge in [0.25, 0.3) is 11.8 Å². The van der Waals surface area contributed by atoms with Gasteiger partial charge in [0, 0.05) is 41.8 Å². The second kappa shape index (κ2) is 17.7. The van der Waals surface area contributed by atoms with Gasteiger partial charge in [-0.1, -0.05) is 23.7 Å². The van der Waals surface area contributed by atoms with Crippen molar-refractivity contribution in [3.63, 3.8) is 0 Å². The van der Waals surface area contributed by atoms with Crippen LogP contribution < -0.4 is 20.1 Å². The van der Waals surface area contributed by atoms with E-state index in [0.717, 1.165) is 62.6 Å². The van der Waals surface area contributed by atoms with Crippen molar-refractivity contribution in [2.45, 2.75) is 44.5 Å². The molecule has 0 saturated heterocycles. The molecule has 4 aromatic carbocycles. The van der Waals surface area contributed by atoms with Crippen LogP contribution in [0.1, 0.15) is 54.1 Å². The number of carbonyl (C=O) groups excluding carboxylic acids is 3. The summed E-state index contributed by atoms with van der Waals surface area (Å²) in [5, 5.41) is 5.47. The minimum absolute atomic E-state index is 0.116. The smallest absolute Gasteiger partial charge is 0.471 e. The van der Waals surface area contributed by atoms with Crippen molar-refractivity contribution in [3.8, 4) is 11.5 Å². The lowest BCUT2D eigenvalue weighted by molar-refractivity contribution is -0.186. The van der Waals surface area contributed by atoms with Gasteiger partial charge in [0.2, 0.25) is 0 Å². The fourth-order valence-electron chi connectivity index (χ4n) is 6.39. The predicted molar refractivity (Wildman–Crippen MR) is 203 cm³/mol. The third-order valence-electron chi connectivity index (χ3n) is 9.43. The van der Waals surface area contributed by atoms with E-state index in [1.165, 1.54) is 12.1 Å². The van der Waals surface area contributed by atoms with Gasteiger partial charge in [-0.15, -0.1) is 0 Å². The Morgan fingerprint density at radius 3 is 1.64 bits per heavy atom. The Morgan fingerprint density at radius 1 is 0.678 bits per heavy atom. The summed E-state index contributed by atoms with van der Waals surface area (Å²) in [6.07, 6.45) is -13.4. The van der Waals surface area contributed by atoms with Crippen LogP contribution in [0.25, 0.3) is 0 Å². The normalized spacial score (nSPS) is 14.3. The molecule has 0 spiro atoms. The molecular formula is C39H33BrClF9N4O5. The number of anilines is 2. The van der Waals surface area contributed by atoms with E-state index in [1.54, 1.807) is 12.1 Å². The number of nitrogens with one attached hydrogen (secondary N) is 2. The Morgan fingerprint density at radius 2 is 1.15 bits per heavy atom. The number of methoxy groups -OCH3 is 2. The van der Waals surface area contributed by atoms with Crippen molar-refractivity contribution < 1.29 is 63.4 Å². The van der Waals surface area contributed by atoms with Gasteiger partial charge >= 0.3 is 24.4 Å². The van der Waals surface area contributed by atoms with Crippen LogP contribution in [-0.2, 0) is 43.1 Å². The van der Waals surface area contributed by atoms with Gasteiger partial charge in [-0.25, -0.2) is 0 Å². The Balaban J connectivity index is 0.000000227. The average molecular weight is 924 g/mol. The van der Waals surface area contributed by atoms with E-state index in [2.05, 4.69) is 36.2 Å². The SMILES string of the molecule is COc1ccc(C(=O)Nc2ccc3c(c2Br)CN(C(=O)C(F)(F)F)CC3)cc1C(F)(F)F.COc1ccc(C(=O)Nc2ccc3c(c2Cl)CN(C)CC3)cc1C(F)(F)F. The van der Waals surface area contributed by atoms with Gasteiger partial charge in [-0.2, -0.15) is 39.5 Å². The summed E-state index contributed by atoms with van der Waals surface area (Å²) in [4.78, 5) is 39.4. The molecule has 0 radical (unpaired) electrons. The summed E-state index contributed by atoms with van der Waals surface area (Å²) >= 11 is 9.66. The number of amides is 3. The van der Waals surface area contributed by atoms with E-state index in [9.17, 15) is 53.9 Å². The zero-order valence-corrected chi connectivity index (χ0v) is 33.5. The molecule has 0 fully saturated rings. The monoisotopic (exact) mass is 922 g/mol. The largest absolute Gasteiger partial charge is 0.496 e. The maximum absolute atomic E-state index is 13.2. The first kappa shape index (κ1) is 45.1. The maximum Gasteiger partial charge on any atom is 0.471 e. The number of hydrogen-bond donors (Lipinski definition) is 2. The maximum atomic E-state index is 13.2. The first-order valence-electron chi connectivity index (χ1n) is 17.3. The third kappa shape index (κ3) is 10.4. The van der Waals surface area contributed by atoms with Crippen LogP contribution in [0.3, 0.4) is 0 Å². The van der Waals surface area contributed by atoms with E-state index in [0.29, 0.717) is 39.3 Å². The molecule has 2 N–H and O–H groups in total. The van der Waals surface area contributed by atoms with E-state index in [-0.39, 0.29) is 46.5 Å². The van der Waals surface area contributed by atoms with Crippen LogP contribution in [0.5, 0.6) is 11.5 Å². The van der Waals surface area contributed by atoms with Crippen LogP contribution in [-0.4, -0.2) is 68.1 Å². The van der Waals surface area contributed by atoms with Gasteiger partial charge in [-0.3, -0.25) is 14.4 Å². The van der Waals surface area contributed by atoms with E-state index in [1.807, 2.05) is 13.1 Å². The zero-order chi connectivity index (χ0) is 43.6. The second-order valence-electron chi connectivity index (χ2n) is 13.3.